The fourth-order valence-electron chi connectivity index (χ4n) is 6.35. The maximum atomic E-state index is 14.3. The first-order chi connectivity index (χ1) is 25.3. The number of carbonyl (C=O) groups is 2. The first-order valence-corrected chi connectivity index (χ1v) is 19.2. The molecule has 0 aliphatic carbocycles. The van der Waals surface area contributed by atoms with Gasteiger partial charge < -0.3 is 30.6 Å². The molecule has 4 atom stereocenters. The highest BCUT2D eigenvalue weighted by atomic mass is 32.2. The second kappa shape index (κ2) is 18.8. The number of benzene rings is 2. The van der Waals surface area contributed by atoms with Gasteiger partial charge in [-0.2, -0.15) is 4.31 Å². The van der Waals surface area contributed by atoms with Gasteiger partial charge >= 0.3 is 6.03 Å². The van der Waals surface area contributed by atoms with Crippen molar-refractivity contribution in [3.63, 3.8) is 0 Å². The van der Waals surface area contributed by atoms with Crippen molar-refractivity contribution in [3.8, 4) is 0 Å². The number of hydrogen-bond donors (Lipinski definition) is 4. The summed E-state index contributed by atoms with van der Waals surface area (Å²) in [6.07, 6.45) is 2.28. The summed E-state index contributed by atoms with van der Waals surface area (Å²) in [4.78, 5) is 35.6. The summed E-state index contributed by atoms with van der Waals surface area (Å²) in [6, 6.07) is 16.7. The summed E-state index contributed by atoms with van der Waals surface area (Å²) in [6.45, 7) is 10.0. The summed E-state index contributed by atoms with van der Waals surface area (Å²) >= 11 is 0. The van der Waals surface area contributed by atoms with Gasteiger partial charge in [-0.15, -0.1) is 0 Å². The van der Waals surface area contributed by atoms with E-state index >= 15 is 0 Å². The van der Waals surface area contributed by atoms with Crippen LogP contribution in [0.15, 0.2) is 88.1 Å². The molecule has 2 unspecified atom stereocenters. The van der Waals surface area contributed by atoms with E-state index in [1.807, 2.05) is 58.0 Å². The Kier molecular flexibility index (Phi) is 14.5. The standard InChI is InChI=1S/C38H51N7O7S/c1-6-27(4)36(45-19-18-43(38(45)48)24-31-16-17-39-33(21-31)28(5)42-50)37(47)41-34(20-29-10-8-7-9-11-29)35(46)25-44(23-26(2)3)53(51,52)32-14-12-30(13-15-32)22-40-49/h7-17,21-22,26-27,34-36,46,49-50H,6,18-20,23-25H2,1-5H3,(H,41,47)/b40-22+,42-28?/t27?,34-,35+,36?/m0/s1. The number of oxime groups is 2. The van der Waals surface area contributed by atoms with E-state index in [1.54, 1.807) is 35.1 Å². The number of sulfonamides is 1. The molecule has 1 aliphatic heterocycles. The highest BCUT2D eigenvalue weighted by Crippen LogP contribution is 2.24. The maximum Gasteiger partial charge on any atom is 0.321 e. The van der Waals surface area contributed by atoms with Gasteiger partial charge in [-0.25, -0.2) is 13.2 Å². The van der Waals surface area contributed by atoms with Crippen LogP contribution in [0.25, 0.3) is 0 Å². The van der Waals surface area contributed by atoms with Crippen LogP contribution < -0.4 is 5.32 Å². The Balaban J connectivity index is 1.59. The van der Waals surface area contributed by atoms with Crippen LogP contribution in [0.3, 0.4) is 0 Å². The van der Waals surface area contributed by atoms with Crippen molar-refractivity contribution in [3.05, 3.63) is 95.3 Å². The Labute approximate surface area is 311 Å². The monoisotopic (exact) mass is 749 g/mol. The number of hydrogen-bond acceptors (Lipinski definition) is 10. The molecule has 1 fully saturated rings. The highest BCUT2D eigenvalue weighted by molar-refractivity contribution is 7.89. The van der Waals surface area contributed by atoms with Gasteiger partial charge in [0.15, 0.2) is 0 Å². The molecule has 15 heteroatoms. The first-order valence-electron chi connectivity index (χ1n) is 17.8. The lowest BCUT2D eigenvalue weighted by Gasteiger charge is -2.35. The number of aliphatic hydroxyl groups excluding tert-OH is 1. The third-order valence-electron chi connectivity index (χ3n) is 9.41. The Morgan fingerprint density at radius 1 is 1.02 bits per heavy atom. The predicted octanol–water partition coefficient (Wildman–Crippen LogP) is 4.18. The second-order valence-corrected chi connectivity index (χ2v) is 15.8. The molecule has 4 rings (SSSR count). The number of rotatable bonds is 18. The number of carbonyl (C=O) groups excluding carboxylic acids is 2. The molecule has 0 radical (unpaired) electrons. The van der Waals surface area contributed by atoms with Gasteiger partial charge in [-0.1, -0.05) is 86.9 Å². The number of aromatic nitrogens is 1. The summed E-state index contributed by atoms with van der Waals surface area (Å²) in [7, 11) is -4.08. The van der Waals surface area contributed by atoms with Crippen LogP contribution >= 0.6 is 0 Å². The summed E-state index contributed by atoms with van der Waals surface area (Å²) in [5.41, 5.74) is 2.96. The van der Waals surface area contributed by atoms with Gasteiger partial charge in [-0.3, -0.25) is 9.78 Å². The van der Waals surface area contributed by atoms with E-state index in [4.69, 9.17) is 5.21 Å². The molecule has 0 spiro atoms. The molecule has 286 valence electrons. The van der Waals surface area contributed by atoms with Crippen LogP contribution in [0.2, 0.25) is 0 Å². The lowest BCUT2D eigenvalue weighted by molar-refractivity contribution is -0.128. The zero-order valence-corrected chi connectivity index (χ0v) is 31.7. The van der Waals surface area contributed by atoms with Crippen molar-refractivity contribution in [2.45, 2.75) is 77.1 Å². The van der Waals surface area contributed by atoms with Crippen LogP contribution in [-0.2, 0) is 27.8 Å². The summed E-state index contributed by atoms with van der Waals surface area (Å²) < 4.78 is 29.1. The minimum atomic E-state index is -4.08. The molecule has 2 heterocycles. The number of nitrogens with zero attached hydrogens (tertiary/aromatic N) is 6. The van der Waals surface area contributed by atoms with Crippen molar-refractivity contribution < 1.29 is 33.5 Å². The molecule has 1 aliphatic rings. The van der Waals surface area contributed by atoms with Crippen molar-refractivity contribution in [1.82, 2.24) is 24.4 Å². The van der Waals surface area contributed by atoms with Crippen LogP contribution in [0.1, 0.15) is 63.4 Å². The molecule has 0 saturated carbocycles. The smallest absolute Gasteiger partial charge is 0.321 e. The Hall–Kier alpha value is -4.86. The topological polar surface area (TPSA) is 188 Å². The minimum absolute atomic E-state index is 0.0117. The second-order valence-electron chi connectivity index (χ2n) is 13.9. The van der Waals surface area contributed by atoms with Gasteiger partial charge in [-0.05, 0) is 66.1 Å². The van der Waals surface area contributed by atoms with Gasteiger partial charge in [0.1, 0.15) is 11.8 Å². The van der Waals surface area contributed by atoms with Crippen LogP contribution in [-0.4, -0.2) is 111 Å². The first kappa shape index (κ1) is 40.9. The molecule has 53 heavy (non-hydrogen) atoms. The van der Waals surface area contributed by atoms with Crippen molar-refractivity contribution in [1.29, 1.82) is 0 Å². The molecule has 14 nitrogen and oxygen atoms in total. The van der Waals surface area contributed by atoms with Crippen LogP contribution in [0.5, 0.6) is 0 Å². The van der Waals surface area contributed by atoms with E-state index in [1.165, 1.54) is 34.8 Å². The number of aliphatic hydroxyl groups is 1. The van der Waals surface area contributed by atoms with E-state index in [0.717, 1.165) is 11.1 Å². The van der Waals surface area contributed by atoms with Gasteiger partial charge in [0.2, 0.25) is 15.9 Å². The number of pyridine rings is 1. The van der Waals surface area contributed by atoms with Crippen molar-refractivity contribution >= 4 is 33.9 Å². The van der Waals surface area contributed by atoms with Gasteiger partial charge in [0.05, 0.1) is 28.9 Å². The maximum absolute atomic E-state index is 14.3. The summed E-state index contributed by atoms with van der Waals surface area (Å²) in [5.74, 6) is -0.750. The Bertz CT molecular complexity index is 1840. The number of nitrogens with one attached hydrogen (secondary N) is 1. The molecule has 4 N–H and O–H groups in total. The number of amides is 3. The fourth-order valence-corrected chi connectivity index (χ4v) is 7.98. The molecular weight excluding hydrogens is 699 g/mol. The normalized spacial score (nSPS) is 16.4. The highest BCUT2D eigenvalue weighted by Gasteiger charge is 2.41. The fraction of sp³-hybridized carbons (Fsp3) is 0.447. The molecule has 2 aromatic carbocycles. The van der Waals surface area contributed by atoms with Gasteiger partial charge in [0.25, 0.3) is 0 Å². The molecule has 3 amide bonds. The SMILES string of the molecule is CCC(C)C(C(=O)N[C@@H](Cc1ccccc1)[C@H](O)CN(CC(C)C)S(=O)(=O)c1ccc(/C=N/O)cc1)N1CCN(Cc2ccnc(C(C)=NO)c2)C1=O. The predicted molar refractivity (Wildman–Crippen MR) is 201 cm³/mol. The van der Waals surface area contributed by atoms with E-state index in [2.05, 4.69) is 20.6 Å². The number of urea groups is 1. The molecule has 3 aromatic rings. The molecule has 1 aromatic heterocycles. The molecule has 1 saturated heterocycles. The largest absolute Gasteiger partial charge is 0.411 e. The van der Waals surface area contributed by atoms with Crippen LogP contribution in [0.4, 0.5) is 4.79 Å². The van der Waals surface area contributed by atoms with Crippen molar-refractivity contribution in [2.24, 2.45) is 22.1 Å². The summed E-state index contributed by atoms with van der Waals surface area (Å²) in [5, 5.41) is 39.1. The lowest BCUT2D eigenvalue weighted by Crippen LogP contribution is -2.57. The van der Waals surface area contributed by atoms with Crippen LogP contribution in [0, 0.1) is 11.8 Å². The van der Waals surface area contributed by atoms with E-state index in [-0.39, 0.29) is 48.8 Å². The average molecular weight is 750 g/mol. The van der Waals surface area contributed by atoms with E-state index in [9.17, 15) is 28.3 Å². The zero-order chi connectivity index (χ0) is 38.7. The minimum Gasteiger partial charge on any atom is -0.411 e. The van der Waals surface area contributed by atoms with E-state index in [0.29, 0.717) is 36.5 Å². The average Bonchev–Trinajstić information content (AvgIpc) is 3.49. The lowest BCUT2D eigenvalue weighted by atomic mass is 9.95. The van der Waals surface area contributed by atoms with Gasteiger partial charge in [0, 0.05) is 38.9 Å². The molecule has 0 bridgehead atoms. The third-order valence-corrected chi connectivity index (χ3v) is 11.3. The quantitative estimate of drug-likeness (QED) is 0.0847. The Morgan fingerprint density at radius 3 is 2.34 bits per heavy atom. The molecular formula is C38H51N7O7S. The third kappa shape index (κ3) is 10.6. The van der Waals surface area contributed by atoms with Crippen molar-refractivity contribution in [2.75, 3.05) is 26.2 Å². The van der Waals surface area contributed by atoms with E-state index < -0.39 is 34.1 Å². The zero-order valence-electron chi connectivity index (χ0n) is 30.9. The Morgan fingerprint density at radius 2 is 1.72 bits per heavy atom.